The highest BCUT2D eigenvalue weighted by Crippen LogP contribution is 2.38. The summed E-state index contributed by atoms with van der Waals surface area (Å²) in [5.41, 5.74) is 2.20. The molecule has 5 rings (SSSR count). The molecule has 0 bridgehead atoms. The number of hydrogen-bond acceptors (Lipinski definition) is 7. The van der Waals surface area contributed by atoms with Crippen LogP contribution in [0.5, 0.6) is 11.5 Å². The van der Waals surface area contributed by atoms with E-state index < -0.39 is 0 Å². The van der Waals surface area contributed by atoms with Crippen LogP contribution in [-0.2, 0) is 11.2 Å². The summed E-state index contributed by atoms with van der Waals surface area (Å²) >= 11 is 1.29. The lowest BCUT2D eigenvalue weighted by Crippen LogP contribution is -2.32. The lowest BCUT2D eigenvalue weighted by Gasteiger charge is -2.25. The van der Waals surface area contributed by atoms with Crippen molar-refractivity contribution in [2.45, 2.75) is 36.9 Å². The van der Waals surface area contributed by atoms with Crippen molar-refractivity contribution in [1.82, 2.24) is 15.1 Å². The molecule has 8 heteroatoms. The van der Waals surface area contributed by atoms with Crippen LogP contribution in [0.4, 0.5) is 0 Å². The molecule has 0 aliphatic carbocycles. The Kier molecular flexibility index (Phi) is 6.29. The number of fused-ring (bicyclic) bond motifs is 1. The van der Waals surface area contributed by atoms with E-state index in [0.29, 0.717) is 30.7 Å². The van der Waals surface area contributed by atoms with Gasteiger partial charge in [-0.1, -0.05) is 48.2 Å². The van der Waals surface area contributed by atoms with Crippen LogP contribution in [0.25, 0.3) is 0 Å². The molecule has 1 fully saturated rings. The van der Waals surface area contributed by atoms with Crippen LogP contribution in [0.15, 0.2) is 58.2 Å². The number of nitrogens with zero attached hydrogens (tertiary/aromatic N) is 3. The molecular weight excluding hydrogens is 426 g/mol. The van der Waals surface area contributed by atoms with E-state index in [-0.39, 0.29) is 17.7 Å². The van der Waals surface area contributed by atoms with Gasteiger partial charge in [0, 0.05) is 13.0 Å². The summed E-state index contributed by atoms with van der Waals surface area (Å²) in [5.74, 6) is 2.45. The van der Waals surface area contributed by atoms with Gasteiger partial charge in [0.25, 0.3) is 5.22 Å². The zero-order valence-electron chi connectivity index (χ0n) is 17.7. The first-order chi connectivity index (χ1) is 15.8. The first kappa shape index (κ1) is 20.9. The van der Waals surface area contributed by atoms with Gasteiger partial charge in [0.05, 0.1) is 31.4 Å². The molecule has 2 aliphatic rings. The standard InChI is InChI=1S/C24H25N3O4S/c28-23(16-32-24-26-25-22(31-24)14-17-6-2-1-3-7-17)27-11-4-8-19(27)18-9-10-20-21(15-18)30-13-5-12-29-20/h1-3,6-7,9-10,15,19H,4-5,8,11-14,16H2/t19-/m0/s1. The smallest absolute Gasteiger partial charge is 0.277 e. The van der Waals surface area contributed by atoms with Crippen molar-refractivity contribution < 1.29 is 18.7 Å². The molecule has 3 heterocycles. The maximum atomic E-state index is 13.0. The maximum absolute atomic E-state index is 13.0. The Hall–Kier alpha value is -3.00. The highest BCUT2D eigenvalue weighted by Gasteiger charge is 2.31. The number of likely N-dealkylation sites (tertiary alicyclic amines) is 1. The summed E-state index contributed by atoms with van der Waals surface area (Å²) in [6.07, 6.45) is 3.38. The van der Waals surface area contributed by atoms with Crippen LogP contribution in [0.2, 0.25) is 0 Å². The van der Waals surface area contributed by atoms with Crippen LogP contribution in [0.3, 0.4) is 0 Å². The highest BCUT2D eigenvalue weighted by molar-refractivity contribution is 7.99. The molecule has 0 saturated carbocycles. The second kappa shape index (κ2) is 9.65. The number of aromatic nitrogens is 2. The van der Waals surface area contributed by atoms with E-state index in [1.165, 1.54) is 11.8 Å². The van der Waals surface area contributed by atoms with E-state index in [2.05, 4.69) is 10.2 Å². The van der Waals surface area contributed by atoms with Crippen LogP contribution in [0.1, 0.15) is 42.3 Å². The van der Waals surface area contributed by atoms with Crippen LogP contribution in [0, 0.1) is 0 Å². The van der Waals surface area contributed by atoms with E-state index >= 15 is 0 Å². The summed E-state index contributed by atoms with van der Waals surface area (Å²) in [4.78, 5) is 15.0. The number of carbonyl (C=O) groups excluding carboxylic acids is 1. The average molecular weight is 452 g/mol. The van der Waals surface area contributed by atoms with Gasteiger partial charge in [-0.2, -0.15) is 0 Å². The van der Waals surface area contributed by atoms with Gasteiger partial charge >= 0.3 is 0 Å². The van der Waals surface area contributed by atoms with Crippen molar-refractivity contribution in [2.24, 2.45) is 0 Å². The Balaban J connectivity index is 1.21. The van der Waals surface area contributed by atoms with Gasteiger partial charge in [0.15, 0.2) is 11.5 Å². The van der Waals surface area contributed by atoms with Crippen molar-refractivity contribution >= 4 is 17.7 Å². The molecule has 0 spiro atoms. The van der Waals surface area contributed by atoms with Gasteiger partial charge in [0.2, 0.25) is 11.8 Å². The minimum atomic E-state index is 0.0524. The maximum Gasteiger partial charge on any atom is 0.277 e. The molecule has 0 N–H and O–H groups in total. The minimum absolute atomic E-state index is 0.0524. The second-order valence-electron chi connectivity index (χ2n) is 7.91. The summed E-state index contributed by atoms with van der Waals surface area (Å²) < 4.78 is 17.3. The van der Waals surface area contributed by atoms with Crippen molar-refractivity contribution in [1.29, 1.82) is 0 Å². The minimum Gasteiger partial charge on any atom is -0.490 e. The predicted molar refractivity (Wildman–Crippen MR) is 120 cm³/mol. The highest BCUT2D eigenvalue weighted by atomic mass is 32.2. The predicted octanol–water partition coefficient (Wildman–Crippen LogP) is 4.28. The number of amides is 1. The Morgan fingerprint density at radius 1 is 1.03 bits per heavy atom. The largest absolute Gasteiger partial charge is 0.490 e. The molecule has 0 unspecified atom stereocenters. The summed E-state index contributed by atoms with van der Waals surface area (Å²) in [5, 5.41) is 8.63. The third kappa shape index (κ3) is 4.75. The van der Waals surface area contributed by atoms with Crippen molar-refractivity contribution in [2.75, 3.05) is 25.5 Å². The topological polar surface area (TPSA) is 77.7 Å². The van der Waals surface area contributed by atoms with E-state index in [1.54, 1.807) is 0 Å². The summed E-state index contributed by atoms with van der Waals surface area (Å²) in [6, 6.07) is 16.1. The Morgan fingerprint density at radius 3 is 2.75 bits per heavy atom. The van der Waals surface area contributed by atoms with Crippen molar-refractivity contribution in [3.05, 3.63) is 65.5 Å². The van der Waals surface area contributed by atoms with Gasteiger partial charge < -0.3 is 18.8 Å². The third-order valence-corrected chi connectivity index (χ3v) is 6.50. The number of carbonyl (C=O) groups is 1. The van der Waals surface area contributed by atoms with Gasteiger partial charge in [-0.3, -0.25) is 4.79 Å². The Labute approximate surface area is 191 Å². The number of benzene rings is 2. The quantitative estimate of drug-likeness (QED) is 0.518. The molecule has 3 aromatic rings. The fourth-order valence-corrected chi connectivity index (χ4v) is 4.81. The normalized spacial score (nSPS) is 17.9. The van der Waals surface area contributed by atoms with Gasteiger partial charge in [-0.15, -0.1) is 10.2 Å². The fraction of sp³-hybridized carbons (Fsp3) is 0.375. The zero-order valence-corrected chi connectivity index (χ0v) is 18.6. The molecule has 166 valence electrons. The monoisotopic (exact) mass is 451 g/mol. The lowest BCUT2D eigenvalue weighted by atomic mass is 10.0. The van der Waals surface area contributed by atoms with E-state index in [4.69, 9.17) is 13.9 Å². The molecule has 2 aromatic carbocycles. The lowest BCUT2D eigenvalue weighted by molar-refractivity contribution is -0.129. The number of thioether (sulfide) groups is 1. The summed E-state index contributed by atoms with van der Waals surface area (Å²) in [6.45, 7) is 2.07. The Morgan fingerprint density at radius 2 is 1.88 bits per heavy atom. The molecule has 32 heavy (non-hydrogen) atoms. The molecular formula is C24H25N3O4S. The molecule has 0 radical (unpaired) electrons. The molecule has 1 saturated heterocycles. The Bertz CT molecular complexity index is 1070. The fourth-order valence-electron chi connectivity index (χ4n) is 4.14. The number of rotatable bonds is 6. The third-order valence-electron chi connectivity index (χ3n) is 5.70. The molecule has 1 aromatic heterocycles. The second-order valence-corrected chi connectivity index (χ2v) is 8.84. The van der Waals surface area contributed by atoms with Crippen molar-refractivity contribution in [3.63, 3.8) is 0 Å². The summed E-state index contributed by atoms with van der Waals surface area (Å²) in [7, 11) is 0. The van der Waals surface area contributed by atoms with Crippen molar-refractivity contribution in [3.8, 4) is 11.5 Å². The molecule has 2 aliphatic heterocycles. The van der Waals surface area contributed by atoms with Gasteiger partial charge in [-0.05, 0) is 36.1 Å². The van der Waals surface area contributed by atoms with E-state index in [9.17, 15) is 4.79 Å². The first-order valence-electron chi connectivity index (χ1n) is 10.9. The number of ether oxygens (including phenoxy) is 2. The van der Waals surface area contributed by atoms with Gasteiger partial charge in [-0.25, -0.2) is 0 Å². The number of hydrogen-bond donors (Lipinski definition) is 0. The molecule has 1 amide bonds. The average Bonchev–Trinajstić information content (AvgIpc) is 3.42. The van der Waals surface area contributed by atoms with Crippen LogP contribution >= 0.6 is 11.8 Å². The molecule has 1 atom stereocenters. The van der Waals surface area contributed by atoms with Crippen LogP contribution < -0.4 is 9.47 Å². The zero-order chi connectivity index (χ0) is 21.8. The van der Waals surface area contributed by atoms with Crippen LogP contribution in [-0.4, -0.2) is 46.5 Å². The van der Waals surface area contributed by atoms with E-state index in [1.807, 2.05) is 53.4 Å². The first-order valence-corrected chi connectivity index (χ1v) is 11.9. The SMILES string of the molecule is O=C(CSc1nnc(Cc2ccccc2)o1)N1CCC[C@H]1c1ccc2c(c1)OCCCO2. The molecule has 7 nitrogen and oxygen atoms in total. The van der Waals surface area contributed by atoms with E-state index in [0.717, 1.165) is 48.4 Å². The van der Waals surface area contributed by atoms with Gasteiger partial charge in [0.1, 0.15) is 0 Å².